The number of alkyl halides is 3. The van der Waals surface area contributed by atoms with Gasteiger partial charge in [0, 0.05) is 17.6 Å². The summed E-state index contributed by atoms with van der Waals surface area (Å²) < 4.78 is 24.7. The largest absolute Gasteiger partial charge is 0.350 e. The summed E-state index contributed by atoms with van der Waals surface area (Å²) in [5, 5.41) is 0. The van der Waals surface area contributed by atoms with E-state index in [1.165, 1.54) is 29.2 Å². The van der Waals surface area contributed by atoms with Crippen molar-refractivity contribution in [2.45, 2.75) is 22.9 Å². The first-order chi connectivity index (χ1) is 9.85. The van der Waals surface area contributed by atoms with Crippen LogP contribution in [0.25, 0.3) is 0 Å². The monoisotopic (exact) mass is 353 g/mol. The molecule has 2 amide bonds. The molecule has 21 heavy (non-hydrogen) atoms. The van der Waals surface area contributed by atoms with Gasteiger partial charge in [-0.15, -0.1) is 0 Å². The summed E-state index contributed by atoms with van der Waals surface area (Å²) in [6.07, 6.45) is 1.61. The second-order valence-corrected chi connectivity index (χ2v) is 7.67. The predicted molar refractivity (Wildman–Crippen MR) is 78.9 cm³/mol. The molecule has 1 aromatic rings. The molecule has 9 heteroatoms. The summed E-state index contributed by atoms with van der Waals surface area (Å²) in [4.78, 5) is 13.9. The molecule has 0 aromatic heterocycles. The minimum atomic E-state index is -2.62. The van der Waals surface area contributed by atoms with Gasteiger partial charge in [-0.25, -0.2) is 9.18 Å². The van der Waals surface area contributed by atoms with E-state index in [1.807, 2.05) is 0 Å². The minimum absolute atomic E-state index is 0.268. The predicted octanol–water partition coefficient (Wildman–Crippen LogP) is 4.02. The van der Waals surface area contributed by atoms with E-state index in [0.717, 1.165) is 17.3 Å². The normalized spacial score (nSPS) is 23.0. The maximum atomic E-state index is 13.3. The summed E-state index contributed by atoms with van der Waals surface area (Å²) in [6, 6.07) is 5.05. The van der Waals surface area contributed by atoms with Gasteiger partial charge in [0.05, 0.1) is 0 Å². The molecule has 1 heterocycles. The van der Waals surface area contributed by atoms with Crippen LogP contribution in [0.4, 0.5) is 19.3 Å². The van der Waals surface area contributed by atoms with E-state index >= 15 is 0 Å². The SMILES string of the molecule is O=C1N(SC(F)(Cl)Cl)NC(C2CC2)N1c1ccc(F)cc1. The van der Waals surface area contributed by atoms with Gasteiger partial charge in [-0.2, -0.15) is 14.2 Å². The van der Waals surface area contributed by atoms with Crippen molar-refractivity contribution in [1.82, 2.24) is 9.84 Å². The Hall–Kier alpha value is -0.760. The number of anilines is 1. The number of nitrogens with zero attached hydrogens (tertiary/aromatic N) is 2. The first-order valence-electron chi connectivity index (χ1n) is 6.26. The van der Waals surface area contributed by atoms with Crippen molar-refractivity contribution in [2.75, 3.05) is 4.90 Å². The average Bonchev–Trinajstić information content (AvgIpc) is 3.17. The van der Waals surface area contributed by atoms with Crippen LogP contribution in [-0.4, -0.2) is 20.5 Å². The second-order valence-electron chi connectivity index (χ2n) is 4.87. The summed E-state index contributed by atoms with van der Waals surface area (Å²) in [7, 11) is 0. The molecule has 1 saturated carbocycles. The van der Waals surface area contributed by atoms with Crippen LogP contribution in [0.1, 0.15) is 12.8 Å². The van der Waals surface area contributed by atoms with Crippen LogP contribution < -0.4 is 10.3 Å². The van der Waals surface area contributed by atoms with Crippen LogP contribution in [0.2, 0.25) is 0 Å². The molecular formula is C12H11Cl2F2N3OS. The number of urea groups is 1. The van der Waals surface area contributed by atoms with E-state index in [4.69, 9.17) is 23.2 Å². The zero-order chi connectivity index (χ0) is 15.2. The number of hydrogen-bond acceptors (Lipinski definition) is 3. The highest BCUT2D eigenvalue weighted by molar-refractivity contribution is 8.01. The van der Waals surface area contributed by atoms with Crippen LogP contribution in [0.3, 0.4) is 0 Å². The van der Waals surface area contributed by atoms with Gasteiger partial charge in [0.2, 0.25) is 0 Å². The molecule has 1 aromatic carbocycles. The summed E-state index contributed by atoms with van der Waals surface area (Å²) in [5.74, 6) is -0.124. The number of carbonyl (C=O) groups excluding carboxylic acids is 1. The number of rotatable bonds is 4. The number of benzene rings is 1. The van der Waals surface area contributed by atoms with Gasteiger partial charge >= 0.3 is 9.95 Å². The Bertz CT molecular complexity index is 550. The molecule has 2 aliphatic rings. The first-order valence-corrected chi connectivity index (χ1v) is 7.79. The lowest BCUT2D eigenvalue weighted by Crippen LogP contribution is -2.39. The fourth-order valence-electron chi connectivity index (χ4n) is 2.22. The van der Waals surface area contributed by atoms with Crippen LogP contribution in [0.15, 0.2) is 24.3 Å². The van der Waals surface area contributed by atoms with Crippen LogP contribution in [-0.2, 0) is 0 Å². The molecule has 1 saturated heterocycles. The highest BCUT2D eigenvalue weighted by Crippen LogP contribution is 2.44. The third kappa shape index (κ3) is 3.36. The van der Waals surface area contributed by atoms with Gasteiger partial charge in [-0.1, -0.05) is 23.2 Å². The first kappa shape index (κ1) is 15.1. The van der Waals surface area contributed by atoms with Crippen molar-refractivity contribution >= 4 is 46.9 Å². The van der Waals surface area contributed by atoms with E-state index in [0.29, 0.717) is 17.6 Å². The van der Waals surface area contributed by atoms with E-state index in [9.17, 15) is 13.6 Å². The van der Waals surface area contributed by atoms with E-state index in [1.54, 1.807) is 0 Å². The van der Waals surface area contributed by atoms with Crippen molar-refractivity contribution in [3.8, 4) is 0 Å². The Kier molecular flexibility index (Phi) is 3.94. The Morgan fingerprint density at radius 1 is 1.29 bits per heavy atom. The van der Waals surface area contributed by atoms with Crippen molar-refractivity contribution in [1.29, 1.82) is 0 Å². The topological polar surface area (TPSA) is 35.6 Å². The number of carbonyl (C=O) groups is 1. The van der Waals surface area contributed by atoms with E-state index in [-0.39, 0.29) is 12.1 Å². The Morgan fingerprint density at radius 3 is 2.43 bits per heavy atom. The fourth-order valence-corrected chi connectivity index (χ4v) is 3.17. The third-order valence-corrected chi connectivity index (χ3v) is 4.34. The molecule has 1 aliphatic heterocycles. The molecule has 1 aliphatic carbocycles. The molecule has 1 atom stereocenters. The number of nitrogens with one attached hydrogen (secondary N) is 1. The maximum Gasteiger partial charge on any atom is 0.350 e. The lowest BCUT2D eigenvalue weighted by Gasteiger charge is -2.21. The van der Waals surface area contributed by atoms with Gasteiger partial charge in [-0.05, 0) is 43.0 Å². The zero-order valence-corrected chi connectivity index (χ0v) is 12.9. The molecule has 1 unspecified atom stereocenters. The molecule has 2 fully saturated rings. The molecule has 3 rings (SSSR count). The molecule has 0 radical (unpaired) electrons. The van der Waals surface area contributed by atoms with Gasteiger partial charge in [0.1, 0.15) is 12.0 Å². The highest BCUT2D eigenvalue weighted by Gasteiger charge is 2.48. The van der Waals surface area contributed by atoms with Gasteiger partial charge in [0.15, 0.2) is 0 Å². The highest BCUT2D eigenvalue weighted by atomic mass is 35.5. The number of amides is 2. The molecule has 1 N–H and O–H groups in total. The molecule has 0 spiro atoms. The van der Waals surface area contributed by atoms with Gasteiger partial charge < -0.3 is 0 Å². The van der Waals surface area contributed by atoms with Crippen LogP contribution in [0.5, 0.6) is 0 Å². The summed E-state index contributed by atoms with van der Waals surface area (Å²) >= 11 is 10.9. The van der Waals surface area contributed by atoms with Gasteiger partial charge in [-0.3, -0.25) is 4.90 Å². The maximum absolute atomic E-state index is 13.3. The number of hydrazine groups is 1. The summed E-state index contributed by atoms with van der Waals surface area (Å²) in [5.41, 5.74) is 3.42. The fraction of sp³-hybridized carbons (Fsp3) is 0.417. The smallest absolute Gasteiger partial charge is 0.275 e. The quantitative estimate of drug-likeness (QED) is 0.656. The lowest BCUT2D eigenvalue weighted by molar-refractivity contribution is 0.235. The zero-order valence-electron chi connectivity index (χ0n) is 10.6. The van der Waals surface area contributed by atoms with Crippen LogP contribution >= 0.6 is 35.1 Å². The molecule has 114 valence electrons. The Balaban J connectivity index is 1.86. The number of halogens is 4. The minimum Gasteiger partial charge on any atom is -0.275 e. The molecule has 4 nitrogen and oxygen atoms in total. The third-order valence-electron chi connectivity index (χ3n) is 3.28. The molecule has 0 bridgehead atoms. The molecular weight excluding hydrogens is 343 g/mol. The average molecular weight is 354 g/mol. The van der Waals surface area contributed by atoms with Gasteiger partial charge in [0.25, 0.3) is 0 Å². The number of hydrogen-bond donors (Lipinski definition) is 1. The van der Waals surface area contributed by atoms with Crippen LogP contribution in [0, 0.1) is 11.7 Å². The Morgan fingerprint density at radius 2 is 1.90 bits per heavy atom. The Labute approximate surface area is 134 Å². The lowest BCUT2D eigenvalue weighted by atomic mass is 10.2. The van der Waals surface area contributed by atoms with E-state index in [2.05, 4.69) is 5.43 Å². The van der Waals surface area contributed by atoms with Crippen molar-refractivity contribution in [2.24, 2.45) is 5.92 Å². The van der Waals surface area contributed by atoms with Crippen molar-refractivity contribution in [3.63, 3.8) is 0 Å². The summed E-state index contributed by atoms with van der Waals surface area (Å²) in [6.45, 7) is 0. The second kappa shape index (κ2) is 5.46. The standard InChI is InChI=1S/C12H11Cl2F2N3OS/c13-12(14,16)21-19-11(20)18(10(17-19)7-1-2-7)9-5-3-8(15)4-6-9/h3-7,10,17H,1-2H2. The van der Waals surface area contributed by atoms with E-state index < -0.39 is 15.8 Å². The van der Waals surface area contributed by atoms with Crippen molar-refractivity contribution in [3.05, 3.63) is 30.1 Å². The van der Waals surface area contributed by atoms with Crippen molar-refractivity contribution < 1.29 is 13.6 Å².